The summed E-state index contributed by atoms with van der Waals surface area (Å²) in [6.45, 7) is 0.314. The first-order valence-corrected chi connectivity index (χ1v) is 11.3. The number of aromatic nitrogens is 3. The zero-order valence-corrected chi connectivity index (χ0v) is 18.2. The summed E-state index contributed by atoms with van der Waals surface area (Å²) in [6, 6.07) is 21.7. The number of hydrogen-bond acceptors (Lipinski definition) is 5. The molecule has 3 atom stereocenters. The quantitative estimate of drug-likeness (QED) is 0.352. The molecule has 0 radical (unpaired) electrons. The maximum Gasteiger partial charge on any atom is 0.251 e. The van der Waals surface area contributed by atoms with E-state index in [4.69, 9.17) is 0 Å². The molecule has 5 rings (SSSR count). The van der Waals surface area contributed by atoms with Gasteiger partial charge in [-0.05, 0) is 54.7 Å². The number of benzene rings is 2. The molecule has 33 heavy (non-hydrogen) atoms. The molecule has 1 fully saturated rings. The van der Waals surface area contributed by atoms with E-state index in [1.807, 2.05) is 66.7 Å². The van der Waals surface area contributed by atoms with Crippen LogP contribution in [0.5, 0.6) is 0 Å². The predicted octanol–water partition coefficient (Wildman–Crippen LogP) is 3.28. The van der Waals surface area contributed by atoms with Gasteiger partial charge in [0.15, 0.2) is 5.65 Å². The van der Waals surface area contributed by atoms with Crippen molar-refractivity contribution in [3.8, 4) is 0 Å². The minimum Gasteiger partial charge on any atom is -0.387 e. The zero-order chi connectivity index (χ0) is 22.6. The first-order valence-electron chi connectivity index (χ1n) is 11.3. The van der Waals surface area contributed by atoms with Crippen molar-refractivity contribution in [3.63, 3.8) is 0 Å². The van der Waals surface area contributed by atoms with Crippen molar-refractivity contribution in [1.29, 1.82) is 0 Å². The van der Waals surface area contributed by atoms with E-state index < -0.39 is 6.10 Å². The van der Waals surface area contributed by atoms with E-state index in [-0.39, 0.29) is 11.9 Å². The molecule has 0 saturated carbocycles. The third kappa shape index (κ3) is 4.94. The van der Waals surface area contributed by atoms with Gasteiger partial charge in [0.2, 0.25) is 0 Å². The van der Waals surface area contributed by atoms with Gasteiger partial charge in [0, 0.05) is 23.8 Å². The van der Waals surface area contributed by atoms with Gasteiger partial charge in [-0.15, -0.1) is 0 Å². The lowest BCUT2D eigenvalue weighted by Crippen LogP contribution is -2.35. The van der Waals surface area contributed by atoms with Crippen molar-refractivity contribution in [2.75, 3.05) is 0 Å². The smallest absolute Gasteiger partial charge is 0.251 e. The summed E-state index contributed by atoms with van der Waals surface area (Å²) in [5.74, 6) is 0.535. The topological polar surface area (TPSA) is 103 Å². The first-order chi connectivity index (χ1) is 16.2. The van der Waals surface area contributed by atoms with Crippen molar-refractivity contribution in [1.82, 2.24) is 25.6 Å². The Morgan fingerprint density at radius 3 is 2.67 bits per heavy atom. The molecule has 1 aliphatic rings. The van der Waals surface area contributed by atoms with E-state index in [0.29, 0.717) is 29.6 Å². The molecule has 2 aromatic heterocycles. The Labute approximate surface area is 192 Å². The van der Waals surface area contributed by atoms with Gasteiger partial charge < -0.3 is 20.7 Å². The number of nitrogens with one attached hydrogen (secondary N) is 3. The van der Waals surface area contributed by atoms with Crippen LogP contribution < -0.4 is 10.6 Å². The Morgan fingerprint density at radius 1 is 1.06 bits per heavy atom. The van der Waals surface area contributed by atoms with Crippen LogP contribution in [0.25, 0.3) is 11.2 Å². The minimum atomic E-state index is -0.496. The minimum absolute atomic E-state index is 0.0656. The van der Waals surface area contributed by atoms with Gasteiger partial charge in [-0.1, -0.05) is 42.5 Å². The van der Waals surface area contributed by atoms with Crippen molar-refractivity contribution in [3.05, 3.63) is 95.4 Å². The molecule has 2 aromatic carbocycles. The van der Waals surface area contributed by atoms with Gasteiger partial charge in [-0.2, -0.15) is 0 Å². The van der Waals surface area contributed by atoms with Crippen LogP contribution in [-0.2, 0) is 13.0 Å². The number of fused-ring (bicyclic) bond motifs is 1. The summed E-state index contributed by atoms with van der Waals surface area (Å²) in [5.41, 5.74) is 4.23. The summed E-state index contributed by atoms with van der Waals surface area (Å²) >= 11 is 0. The monoisotopic (exact) mass is 441 g/mol. The number of amides is 1. The fourth-order valence-corrected chi connectivity index (χ4v) is 4.46. The zero-order valence-electron chi connectivity index (χ0n) is 18.2. The highest BCUT2D eigenvalue weighted by Crippen LogP contribution is 2.26. The summed E-state index contributed by atoms with van der Waals surface area (Å²) in [7, 11) is 0. The average molecular weight is 442 g/mol. The second-order valence-corrected chi connectivity index (χ2v) is 8.54. The Morgan fingerprint density at radius 2 is 1.88 bits per heavy atom. The number of carbonyl (C=O) groups excluding carboxylic acids is 1. The number of aromatic amines is 1. The molecule has 1 saturated heterocycles. The average Bonchev–Trinajstić information content (AvgIpc) is 3.50. The number of aliphatic hydroxyl groups excluding tert-OH is 1. The highest BCUT2D eigenvalue weighted by molar-refractivity contribution is 5.94. The molecule has 0 bridgehead atoms. The maximum atomic E-state index is 12.5. The van der Waals surface area contributed by atoms with E-state index >= 15 is 0 Å². The second-order valence-electron chi connectivity index (χ2n) is 8.54. The lowest BCUT2D eigenvalue weighted by molar-refractivity contribution is 0.0950. The number of carbonyl (C=O) groups is 1. The Balaban J connectivity index is 1.13. The van der Waals surface area contributed by atoms with Crippen LogP contribution in [0.3, 0.4) is 0 Å². The molecule has 3 heterocycles. The Kier molecular flexibility index (Phi) is 6.15. The van der Waals surface area contributed by atoms with Crippen molar-refractivity contribution in [2.24, 2.45) is 0 Å². The summed E-state index contributed by atoms with van der Waals surface area (Å²) in [6.07, 6.45) is 4.03. The lowest BCUT2D eigenvalue weighted by Gasteiger charge is -2.20. The molecule has 1 aliphatic heterocycles. The molecule has 4 aromatic rings. The molecule has 0 unspecified atom stereocenters. The van der Waals surface area contributed by atoms with E-state index in [9.17, 15) is 9.90 Å². The molecule has 1 amide bonds. The normalized spacial score (nSPS) is 18.9. The lowest BCUT2D eigenvalue weighted by atomic mass is 10.0. The fourth-order valence-electron chi connectivity index (χ4n) is 4.46. The summed E-state index contributed by atoms with van der Waals surface area (Å²) < 4.78 is 0. The number of imidazole rings is 1. The number of nitrogens with zero attached hydrogens (tertiary/aromatic N) is 2. The van der Waals surface area contributed by atoms with E-state index in [1.165, 1.54) is 5.56 Å². The number of rotatable bonds is 7. The molecular formula is C26H27N5O2. The molecule has 0 spiro atoms. The maximum absolute atomic E-state index is 12.5. The summed E-state index contributed by atoms with van der Waals surface area (Å²) in [5, 5.41) is 17.1. The SMILES string of the molecule is O=C(NCc1nc2ncccc2[nH]1)c1ccc(C[C@@H]2CC[C@H]([C@H](O)c3ccccc3)N2)cc1. The van der Waals surface area contributed by atoms with E-state index in [2.05, 4.69) is 25.6 Å². The van der Waals surface area contributed by atoms with Gasteiger partial charge in [0.25, 0.3) is 5.91 Å². The second kappa shape index (κ2) is 9.52. The van der Waals surface area contributed by atoms with Gasteiger partial charge in [-0.3, -0.25) is 4.79 Å². The van der Waals surface area contributed by atoms with Crippen LogP contribution in [0.4, 0.5) is 0 Å². The number of pyridine rings is 1. The van der Waals surface area contributed by atoms with Gasteiger partial charge in [0.05, 0.1) is 18.2 Å². The van der Waals surface area contributed by atoms with Crippen LogP contribution in [-0.4, -0.2) is 38.0 Å². The largest absolute Gasteiger partial charge is 0.387 e. The van der Waals surface area contributed by atoms with Crippen LogP contribution in [0, 0.1) is 0 Å². The number of aliphatic hydroxyl groups is 1. The number of hydrogen-bond donors (Lipinski definition) is 4. The molecule has 4 N–H and O–H groups in total. The van der Waals surface area contributed by atoms with Crippen molar-refractivity contribution >= 4 is 17.1 Å². The van der Waals surface area contributed by atoms with Gasteiger partial charge >= 0.3 is 0 Å². The van der Waals surface area contributed by atoms with Crippen LogP contribution in [0.15, 0.2) is 72.9 Å². The van der Waals surface area contributed by atoms with Crippen molar-refractivity contribution < 1.29 is 9.90 Å². The highest BCUT2D eigenvalue weighted by atomic mass is 16.3. The standard InChI is InChI=1S/C26H27N5O2/c32-24(18-5-2-1-3-6-18)21-13-12-20(29-21)15-17-8-10-19(11-9-17)26(33)28-16-23-30-22-7-4-14-27-25(22)31-23/h1-11,14,20-21,24,29,32H,12-13,15-16H2,(H,28,33)(H,27,30,31)/t20-,21+,24+/m0/s1. The van der Waals surface area contributed by atoms with Crippen LogP contribution >= 0.6 is 0 Å². The molecular weight excluding hydrogens is 414 g/mol. The van der Waals surface area contributed by atoms with Crippen LogP contribution in [0.1, 0.15) is 46.3 Å². The third-order valence-electron chi connectivity index (χ3n) is 6.22. The molecule has 0 aliphatic carbocycles. The highest BCUT2D eigenvalue weighted by Gasteiger charge is 2.29. The molecule has 168 valence electrons. The fraction of sp³-hybridized carbons (Fsp3) is 0.269. The van der Waals surface area contributed by atoms with E-state index in [0.717, 1.165) is 30.3 Å². The third-order valence-corrected chi connectivity index (χ3v) is 6.22. The summed E-state index contributed by atoms with van der Waals surface area (Å²) in [4.78, 5) is 24.3. The van der Waals surface area contributed by atoms with Gasteiger partial charge in [0.1, 0.15) is 5.82 Å². The number of H-pyrrole nitrogens is 1. The van der Waals surface area contributed by atoms with Crippen LogP contribution in [0.2, 0.25) is 0 Å². The van der Waals surface area contributed by atoms with Gasteiger partial charge in [-0.25, -0.2) is 9.97 Å². The van der Waals surface area contributed by atoms with E-state index in [1.54, 1.807) is 6.20 Å². The Hall–Kier alpha value is -3.55. The predicted molar refractivity (Wildman–Crippen MR) is 127 cm³/mol. The van der Waals surface area contributed by atoms with Crippen molar-refractivity contribution in [2.45, 2.75) is 44.0 Å². The molecule has 7 nitrogen and oxygen atoms in total. The molecule has 7 heteroatoms. The first kappa shape index (κ1) is 21.3. The Bertz CT molecular complexity index is 1190.